The van der Waals surface area contributed by atoms with Crippen molar-refractivity contribution < 1.29 is 24.2 Å². The highest BCUT2D eigenvalue weighted by Gasteiger charge is 2.32. The topological polar surface area (TPSA) is 95.9 Å². The predicted molar refractivity (Wildman–Crippen MR) is 71.2 cm³/mol. The first-order valence-electron chi connectivity index (χ1n) is 6.85. The first kappa shape index (κ1) is 16.4. The Morgan fingerprint density at radius 2 is 1.90 bits per heavy atom. The molecule has 0 aliphatic heterocycles. The van der Waals surface area contributed by atoms with Gasteiger partial charge in [0.15, 0.2) is 0 Å². The number of hydrogen-bond donors (Lipinski definition) is 2. The molecular weight excluding hydrogens is 264 g/mol. The summed E-state index contributed by atoms with van der Waals surface area (Å²) in [4.78, 5) is 35.5. The van der Waals surface area contributed by atoms with Gasteiger partial charge in [-0.1, -0.05) is 0 Å². The van der Waals surface area contributed by atoms with Crippen molar-refractivity contribution in [2.45, 2.75) is 44.6 Å². The van der Waals surface area contributed by atoms with E-state index in [1.54, 1.807) is 12.0 Å². The lowest BCUT2D eigenvalue weighted by Gasteiger charge is -2.21. The van der Waals surface area contributed by atoms with Gasteiger partial charge in [-0.05, 0) is 25.7 Å². The molecule has 0 heterocycles. The number of aliphatic carboxylic acids is 1. The lowest BCUT2D eigenvalue weighted by Crippen LogP contribution is -2.45. The maximum atomic E-state index is 11.9. The van der Waals surface area contributed by atoms with Crippen molar-refractivity contribution in [1.82, 2.24) is 10.2 Å². The first-order valence-corrected chi connectivity index (χ1v) is 6.85. The van der Waals surface area contributed by atoms with Crippen LogP contribution >= 0.6 is 0 Å². The average molecular weight is 286 g/mol. The number of amides is 3. The third-order valence-corrected chi connectivity index (χ3v) is 3.08. The van der Waals surface area contributed by atoms with Crippen LogP contribution in [0.2, 0.25) is 0 Å². The van der Waals surface area contributed by atoms with Gasteiger partial charge in [-0.15, -0.1) is 0 Å². The maximum absolute atomic E-state index is 11.9. The Hall–Kier alpha value is -1.63. The van der Waals surface area contributed by atoms with Gasteiger partial charge in [-0.2, -0.15) is 0 Å². The van der Waals surface area contributed by atoms with Crippen molar-refractivity contribution in [2.75, 3.05) is 20.3 Å². The highest BCUT2D eigenvalue weighted by Crippen LogP contribution is 2.26. The second-order valence-electron chi connectivity index (χ2n) is 4.87. The molecular formula is C13H22N2O5. The number of imide groups is 1. The zero-order valence-corrected chi connectivity index (χ0v) is 11.8. The largest absolute Gasteiger partial charge is 0.481 e. The summed E-state index contributed by atoms with van der Waals surface area (Å²) in [7, 11) is 1.57. The van der Waals surface area contributed by atoms with Gasteiger partial charge in [0.25, 0.3) is 0 Å². The Morgan fingerprint density at radius 1 is 1.25 bits per heavy atom. The third kappa shape index (κ3) is 6.51. The molecule has 0 aromatic rings. The molecule has 0 saturated heterocycles. The van der Waals surface area contributed by atoms with Crippen LogP contribution in [-0.2, 0) is 14.3 Å². The molecule has 7 heteroatoms. The van der Waals surface area contributed by atoms with Crippen molar-refractivity contribution in [1.29, 1.82) is 0 Å². The molecule has 1 rings (SSSR count). The number of carboxylic acid groups (broad SMARTS) is 1. The number of carbonyl (C=O) groups excluding carboxylic acids is 2. The number of carboxylic acids is 1. The minimum Gasteiger partial charge on any atom is -0.481 e. The number of hydrogen-bond acceptors (Lipinski definition) is 4. The van der Waals surface area contributed by atoms with Gasteiger partial charge in [0.1, 0.15) is 0 Å². The number of nitrogens with one attached hydrogen (secondary N) is 1. The number of urea groups is 1. The summed E-state index contributed by atoms with van der Waals surface area (Å²) in [5.74, 6) is -1.23. The highest BCUT2D eigenvalue weighted by molar-refractivity contribution is 5.94. The number of rotatable bonds is 9. The molecule has 7 nitrogen and oxygen atoms in total. The molecule has 0 bridgehead atoms. The van der Waals surface area contributed by atoms with Crippen LogP contribution < -0.4 is 5.32 Å². The number of nitrogens with zero attached hydrogens (tertiary/aromatic N) is 1. The number of ether oxygens (including phenoxy) is 1. The standard InChI is InChI=1S/C13H22N2O5/c1-20-9-8-15(10-6-7-10)13(19)14-11(16)4-2-3-5-12(17)18/h10H,2-9H2,1H3,(H,17,18)(H,14,16,19). The summed E-state index contributed by atoms with van der Waals surface area (Å²) in [6, 6.07) is -0.169. The average Bonchev–Trinajstić information content (AvgIpc) is 3.19. The van der Waals surface area contributed by atoms with Crippen LogP contribution in [-0.4, -0.2) is 54.2 Å². The molecule has 1 aliphatic carbocycles. The SMILES string of the molecule is COCCN(C(=O)NC(=O)CCCCC(=O)O)C1CC1. The summed E-state index contributed by atoms with van der Waals surface area (Å²) in [5, 5.41) is 10.8. The molecule has 1 aliphatic rings. The van der Waals surface area contributed by atoms with Crippen molar-refractivity contribution in [2.24, 2.45) is 0 Å². The number of unbranched alkanes of at least 4 members (excludes halogenated alkanes) is 1. The third-order valence-electron chi connectivity index (χ3n) is 3.08. The molecule has 1 saturated carbocycles. The van der Waals surface area contributed by atoms with Gasteiger partial charge >= 0.3 is 12.0 Å². The molecule has 114 valence electrons. The summed E-state index contributed by atoms with van der Waals surface area (Å²) < 4.78 is 4.95. The van der Waals surface area contributed by atoms with E-state index in [9.17, 15) is 14.4 Å². The summed E-state index contributed by atoms with van der Waals surface area (Å²) in [6.07, 6.45) is 3.04. The van der Waals surface area contributed by atoms with Gasteiger partial charge in [-0.3, -0.25) is 14.9 Å². The minimum atomic E-state index is -0.874. The first-order chi connectivity index (χ1) is 9.54. The predicted octanol–water partition coefficient (Wildman–Crippen LogP) is 0.978. The molecule has 20 heavy (non-hydrogen) atoms. The minimum absolute atomic E-state index is 0.0449. The van der Waals surface area contributed by atoms with Crippen molar-refractivity contribution in [3.8, 4) is 0 Å². The molecule has 0 unspecified atom stereocenters. The van der Waals surface area contributed by atoms with E-state index in [1.807, 2.05) is 0 Å². The van der Waals surface area contributed by atoms with E-state index in [2.05, 4.69) is 5.32 Å². The Labute approximate surface area is 118 Å². The monoisotopic (exact) mass is 286 g/mol. The fourth-order valence-electron chi connectivity index (χ4n) is 1.84. The Balaban J connectivity index is 2.24. The van der Waals surface area contributed by atoms with E-state index in [0.29, 0.717) is 26.0 Å². The van der Waals surface area contributed by atoms with Crippen LogP contribution in [0.3, 0.4) is 0 Å². The fourth-order valence-corrected chi connectivity index (χ4v) is 1.84. The maximum Gasteiger partial charge on any atom is 0.324 e. The molecule has 2 N–H and O–H groups in total. The van der Waals surface area contributed by atoms with Crippen LogP contribution in [0, 0.1) is 0 Å². The smallest absolute Gasteiger partial charge is 0.324 e. The summed E-state index contributed by atoms with van der Waals surface area (Å²) in [5.41, 5.74) is 0. The molecule has 0 spiro atoms. The van der Waals surface area contributed by atoms with Gasteiger partial charge < -0.3 is 14.7 Å². The van der Waals surface area contributed by atoms with E-state index in [0.717, 1.165) is 12.8 Å². The molecule has 3 amide bonds. The summed E-state index contributed by atoms with van der Waals surface area (Å²) in [6.45, 7) is 0.913. The van der Waals surface area contributed by atoms with Crippen molar-refractivity contribution in [3.63, 3.8) is 0 Å². The number of carbonyl (C=O) groups is 3. The lowest BCUT2D eigenvalue weighted by atomic mass is 10.2. The van der Waals surface area contributed by atoms with Crippen molar-refractivity contribution >= 4 is 17.9 Å². The van der Waals surface area contributed by atoms with E-state index in [-0.39, 0.29) is 30.8 Å². The van der Waals surface area contributed by atoms with Crippen LogP contribution in [0.5, 0.6) is 0 Å². The van der Waals surface area contributed by atoms with Gasteiger partial charge in [0.05, 0.1) is 6.61 Å². The second kappa shape index (κ2) is 8.52. The van der Waals surface area contributed by atoms with Gasteiger partial charge in [-0.25, -0.2) is 4.79 Å². The van der Waals surface area contributed by atoms with Gasteiger partial charge in [0.2, 0.25) is 5.91 Å². The van der Waals surface area contributed by atoms with Crippen LogP contribution in [0.4, 0.5) is 4.79 Å². The Kier molecular flexibility index (Phi) is 7.00. The normalized spacial score (nSPS) is 13.8. The van der Waals surface area contributed by atoms with E-state index < -0.39 is 5.97 Å². The van der Waals surface area contributed by atoms with E-state index in [4.69, 9.17) is 9.84 Å². The zero-order valence-electron chi connectivity index (χ0n) is 11.8. The number of methoxy groups -OCH3 is 1. The van der Waals surface area contributed by atoms with Crippen molar-refractivity contribution in [3.05, 3.63) is 0 Å². The Bertz CT molecular complexity index is 355. The Morgan fingerprint density at radius 3 is 2.45 bits per heavy atom. The lowest BCUT2D eigenvalue weighted by molar-refractivity contribution is -0.137. The molecule has 0 atom stereocenters. The molecule has 0 aromatic carbocycles. The quantitative estimate of drug-likeness (QED) is 0.616. The van der Waals surface area contributed by atoms with Gasteiger partial charge in [0, 0.05) is 32.5 Å². The second-order valence-corrected chi connectivity index (χ2v) is 4.87. The molecule has 1 fully saturated rings. The van der Waals surface area contributed by atoms with E-state index in [1.165, 1.54) is 0 Å². The van der Waals surface area contributed by atoms with E-state index >= 15 is 0 Å². The zero-order chi connectivity index (χ0) is 15.0. The summed E-state index contributed by atoms with van der Waals surface area (Å²) >= 11 is 0. The van der Waals surface area contributed by atoms with Crippen LogP contribution in [0.15, 0.2) is 0 Å². The fraction of sp³-hybridized carbons (Fsp3) is 0.769. The van der Waals surface area contributed by atoms with Crippen LogP contribution in [0.1, 0.15) is 38.5 Å². The molecule has 0 radical (unpaired) electrons. The van der Waals surface area contributed by atoms with Crippen LogP contribution in [0.25, 0.3) is 0 Å². The molecule has 0 aromatic heterocycles. The highest BCUT2D eigenvalue weighted by atomic mass is 16.5.